The number of alkyl halides is 3. The third kappa shape index (κ3) is 9.92. The molecule has 0 bridgehead atoms. The van der Waals surface area contributed by atoms with Gasteiger partial charge in [0.15, 0.2) is 5.96 Å². The summed E-state index contributed by atoms with van der Waals surface area (Å²) in [5.41, 5.74) is 0.957. The zero-order chi connectivity index (χ0) is 19.6. The van der Waals surface area contributed by atoms with E-state index in [9.17, 15) is 13.2 Å². The standard InChI is InChI=1S/C18H28F3N3O2.HI/c1-5-22-17(23-11-7-6-10-18(19,20)21)24(2)13-14-8-9-15(25-3)12-16(14)26-4;/h8-9,12H,5-7,10-11,13H2,1-4H3,(H,22,23);1H. The highest BCUT2D eigenvalue weighted by atomic mass is 127. The van der Waals surface area contributed by atoms with Crippen LogP contribution in [-0.4, -0.2) is 51.4 Å². The highest BCUT2D eigenvalue weighted by molar-refractivity contribution is 14.0. The molecule has 0 aliphatic carbocycles. The molecule has 0 amide bonds. The lowest BCUT2D eigenvalue weighted by molar-refractivity contribution is -0.135. The molecule has 0 radical (unpaired) electrons. The van der Waals surface area contributed by atoms with Crippen molar-refractivity contribution in [3.8, 4) is 11.5 Å². The number of guanidine groups is 1. The Morgan fingerprint density at radius 3 is 2.44 bits per heavy atom. The lowest BCUT2D eigenvalue weighted by Gasteiger charge is -2.23. The van der Waals surface area contributed by atoms with Crippen LogP contribution in [0, 0.1) is 0 Å². The fourth-order valence-corrected chi connectivity index (χ4v) is 2.40. The Hall–Kier alpha value is -1.39. The third-order valence-corrected chi connectivity index (χ3v) is 3.73. The number of methoxy groups -OCH3 is 2. The van der Waals surface area contributed by atoms with Gasteiger partial charge < -0.3 is 19.7 Å². The van der Waals surface area contributed by atoms with Crippen LogP contribution >= 0.6 is 24.0 Å². The van der Waals surface area contributed by atoms with Gasteiger partial charge in [-0.25, -0.2) is 0 Å². The summed E-state index contributed by atoms with van der Waals surface area (Å²) in [4.78, 5) is 6.33. The quantitative estimate of drug-likeness (QED) is 0.234. The predicted molar refractivity (Wildman–Crippen MR) is 112 cm³/mol. The van der Waals surface area contributed by atoms with Gasteiger partial charge in [-0.15, -0.1) is 24.0 Å². The van der Waals surface area contributed by atoms with Crippen molar-refractivity contribution in [3.63, 3.8) is 0 Å². The minimum absolute atomic E-state index is 0. The fourth-order valence-electron chi connectivity index (χ4n) is 2.40. The van der Waals surface area contributed by atoms with Crippen molar-refractivity contribution in [1.82, 2.24) is 10.2 Å². The molecule has 0 atom stereocenters. The Bertz CT molecular complexity index is 583. The Balaban J connectivity index is 0.00000676. The first kappa shape index (κ1) is 25.6. The molecule has 5 nitrogen and oxygen atoms in total. The summed E-state index contributed by atoms with van der Waals surface area (Å²) in [6.45, 7) is 3.51. The Morgan fingerprint density at radius 2 is 1.89 bits per heavy atom. The van der Waals surface area contributed by atoms with Crippen molar-refractivity contribution < 1.29 is 22.6 Å². The van der Waals surface area contributed by atoms with Gasteiger partial charge in [0.25, 0.3) is 0 Å². The molecular weight excluding hydrogens is 474 g/mol. The molecule has 0 aliphatic rings. The average molecular weight is 503 g/mol. The predicted octanol–water partition coefficient (Wildman–Crippen LogP) is 4.45. The van der Waals surface area contributed by atoms with Crippen LogP contribution in [0.5, 0.6) is 11.5 Å². The van der Waals surface area contributed by atoms with Crippen molar-refractivity contribution in [2.75, 3.05) is 34.4 Å². The first-order valence-corrected chi connectivity index (χ1v) is 8.57. The zero-order valence-electron chi connectivity index (χ0n) is 16.2. The number of aliphatic imine (C=N–C) groups is 1. The molecule has 0 heterocycles. The molecule has 27 heavy (non-hydrogen) atoms. The molecule has 1 N–H and O–H groups in total. The van der Waals surface area contributed by atoms with Crippen LogP contribution in [0.4, 0.5) is 13.2 Å². The van der Waals surface area contributed by atoms with Gasteiger partial charge in [-0.3, -0.25) is 4.99 Å². The van der Waals surface area contributed by atoms with E-state index in [1.54, 1.807) is 14.2 Å². The number of unbranched alkanes of at least 4 members (excludes halogenated alkanes) is 1. The van der Waals surface area contributed by atoms with Crippen molar-refractivity contribution in [2.24, 2.45) is 4.99 Å². The van der Waals surface area contributed by atoms with Gasteiger partial charge in [0.05, 0.1) is 14.2 Å². The van der Waals surface area contributed by atoms with Gasteiger partial charge >= 0.3 is 6.18 Å². The second-order valence-electron chi connectivity index (χ2n) is 5.84. The number of nitrogens with zero attached hydrogens (tertiary/aromatic N) is 2. The first-order chi connectivity index (χ1) is 12.3. The maximum atomic E-state index is 12.2. The van der Waals surface area contributed by atoms with E-state index in [0.29, 0.717) is 43.5 Å². The molecule has 0 saturated heterocycles. The topological polar surface area (TPSA) is 46.1 Å². The number of ether oxygens (including phenoxy) is 2. The van der Waals surface area contributed by atoms with E-state index in [1.165, 1.54) is 0 Å². The highest BCUT2D eigenvalue weighted by Crippen LogP contribution is 2.25. The molecule has 0 unspecified atom stereocenters. The van der Waals surface area contributed by atoms with Crippen molar-refractivity contribution >= 4 is 29.9 Å². The number of nitrogens with one attached hydrogen (secondary N) is 1. The summed E-state index contributed by atoms with van der Waals surface area (Å²) >= 11 is 0. The van der Waals surface area contributed by atoms with Crippen molar-refractivity contribution in [2.45, 2.75) is 38.9 Å². The monoisotopic (exact) mass is 503 g/mol. The van der Waals surface area contributed by atoms with Crippen LogP contribution in [0.15, 0.2) is 23.2 Å². The Kier molecular flexibility index (Phi) is 12.2. The van der Waals surface area contributed by atoms with Gasteiger partial charge in [0.2, 0.25) is 0 Å². The van der Waals surface area contributed by atoms with Crippen LogP contribution in [0.1, 0.15) is 31.7 Å². The third-order valence-electron chi connectivity index (χ3n) is 3.73. The molecule has 156 valence electrons. The molecular formula is C18H29F3IN3O2. The van der Waals surface area contributed by atoms with Gasteiger partial charge in [0.1, 0.15) is 11.5 Å². The lowest BCUT2D eigenvalue weighted by atomic mass is 10.2. The summed E-state index contributed by atoms with van der Waals surface area (Å²) in [5, 5.41) is 3.16. The summed E-state index contributed by atoms with van der Waals surface area (Å²) < 4.78 is 47.1. The number of rotatable bonds is 9. The van der Waals surface area contributed by atoms with Crippen molar-refractivity contribution in [1.29, 1.82) is 0 Å². The van der Waals surface area contributed by atoms with E-state index in [4.69, 9.17) is 9.47 Å². The van der Waals surface area contributed by atoms with Crippen LogP contribution < -0.4 is 14.8 Å². The van der Waals surface area contributed by atoms with E-state index in [1.807, 2.05) is 37.1 Å². The largest absolute Gasteiger partial charge is 0.497 e. The van der Waals surface area contributed by atoms with Crippen LogP contribution in [0.25, 0.3) is 0 Å². The summed E-state index contributed by atoms with van der Waals surface area (Å²) in [6.07, 6.45) is -4.38. The number of hydrogen-bond acceptors (Lipinski definition) is 3. The molecule has 0 aliphatic heterocycles. The summed E-state index contributed by atoms with van der Waals surface area (Å²) in [6, 6.07) is 5.58. The van der Waals surface area contributed by atoms with Gasteiger partial charge in [0, 0.05) is 44.7 Å². The Morgan fingerprint density at radius 1 is 1.19 bits per heavy atom. The van der Waals surface area contributed by atoms with Gasteiger partial charge in [-0.05, 0) is 31.9 Å². The SMILES string of the molecule is CCNC(=NCCCCC(F)(F)F)N(C)Cc1ccc(OC)cc1OC.I. The number of benzene rings is 1. The molecule has 0 aromatic heterocycles. The van der Waals surface area contributed by atoms with Crippen molar-refractivity contribution in [3.05, 3.63) is 23.8 Å². The summed E-state index contributed by atoms with van der Waals surface area (Å²) in [7, 11) is 5.06. The molecule has 9 heteroatoms. The second kappa shape index (κ2) is 12.9. The van der Waals surface area contributed by atoms with E-state index in [-0.39, 0.29) is 30.4 Å². The fraction of sp³-hybridized carbons (Fsp3) is 0.611. The molecule has 0 fully saturated rings. The summed E-state index contributed by atoms with van der Waals surface area (Å²) in [5.74, 6) is 2.06. The first-order valence-electron chi connectivity index (χ1n) is 8.57. The molecule has 1 aromatic carbocycles. The van der Waals surface area contributed by atoms with Crippen LogP contribution in [0.2, 0.25) is 0 Å². The molecule has 0 spiro atoms. The highest BCUT2D eigenvalue weighted by Gasteiger charge is 2.25. The maximum absolute atomic E-state index is 12.2. The minimum atomic E-state index is -4.10. The van der Waals surface area contributed by atoms with Crippen LogP contribution in [0.3, 0.4) is 0 Å². The average Bonchev–Trinajstić information content (AvgIpc) is 2.59. The Labute approximate surface area is 176 Å². The molecule has 0 saturated carbocycles. The van der Waals surface area contributed by atoms with E-state index >= 15 is 0 Å². The van der Waals surface area contributed by atoms with Crippen LogP contribution in [-0.2, 0) is 6.54 Å². The normalized spacial score (nSPS) is 11.6. The lowest BCUT2D eigenvalue weighted by Crippen LogP contribution is -2.38. The molecule has 1 aromatic rings. The van der Waals surface area contributed by atoms with E-state index < -0.39 is 12.6 Å². The van der Waals surface area contributed by atoms with E-state index in [2.05, 4.69) is 10.3 Å². The minimum Gasteiger partial charge on any atom is -0.497 e. The van der Waals surface area contributed by atoms with Gasteiger partial charge in [-0.2, -0.15) is 13.2 Å². The van der Waals surface area contributed by atoms with E-state index in [0.717, 1.165) is 5.56 Å². The molecule has 1 rings (SSSR count). The second-order valence-corrected chi connectivity index (χ2v) is 5.84. The number of halogens is 4. The maximum Gasteiger partial charge on any atom is 0.389 e. The smallest absolute Gasteiger partial charge is 0.389 e. The number of hydrogen-bond donors (Lipinski definition) is 1. The zero-order valence-corrected chi connectivity index (χ0v) is 18.6. The van der Waals surface area contributed by atoms with Gasteiger partial charge in [-0.1, -0.05) is 0 Å².